The molecule has 1 amide bonds. The van der Waals surface area contributed by atoms with Crippen molar-refractivity contribution in [3.05, 3.63) is 33.8 Å². The molecule has 1 unspecified atom stereocenters. The van der Waals surface area contributed by atoms with Gasteiger partial charge in [0.15, 0.2) is 0 Å². The zero-order valence-electron chi connectivity index (χ0n) is 11.4. The molecule has 0 fully saturated rings. The molecular formula is C14H20BrNOS. The van der Waals surface area contributed by atoms with Crippen molar-refractivity contribution in [2.75, 3.05) is 19.1 Å². The second-order valence-corrected chi connectivity index (χ2v) is 6.37. The summed E-state index contributed by atoms with van der Waals surface area (Å²) < 4.78 is 0.872. The fourth-order valence-electron chi connectivity index (χ4n) is 1.67. The van der Waals surface area contributed by atoms with E-state index in [9.17, 15) is 4.79 Å². The molecule has 0 aliphatic rings. The summed E-state index contributed by atoms with van der Waals surface area (Å²) in [6, 6.07) is 6.10. The first-order valence-electron chi connectivity index (χ1n) is 5.99. The molecular weight excluding hydrogens is 310 g/mol. The molecule has 1 aromatic carbocycles. The van der Waals surface area contributed by atoms with E-state index in [1.54, 1.807) is 0 Å². The van der Waals surface area contributed by atoms with Gasteiger partial charge in [0.1, 0.15) is 0 Å². The molecule has 100 valence electrons. The van der Waals surface area contributed by atoms with Crippen LogP contribution >= 0.6 is 27.7 Å². The Morgan fingerprint density at radius 2 is 2.17 bits per heavy atom. The highest BCUT2D eigenvalue weighted by atomic mass is 79.9. The van der Waals surface area contributed by atoms with Gasteiger partial charge in [0.05, 0.1) is 5.56 Å². The lowest BCUT2D eigenvalue weighted by atomic mass is 10.1. The zero-order chi connectivity index (χ0) is 13.7. The number of rotatable bonds is 5. The minimum absolute atomic E-state index is 0.0791. The van der Waals surface area contributed by atoms with Crippen molar-refractivity contribution < 1.29 is 4.79 Å². The predicted octanol–water partition coefficient (Wildman–Crippen LogP) is 3.97. The fourth-order valence-corrected chi connectivity index (χ4v) is 2.91. The van der Waals surface area contributed by atoms with E-state index < -0.39 is 0 Å². The third kappa shape index (κ3) is 4.02. The van der Waals surface area contributed by atoms with Gasteiger partial charge in [-0.05, 0) is 65.9 Å². The van der Waals surface area contributed by atoms with E-state index in [0.29, 0.717) is 0 Å². The molecule has 0 N–H and O–H groups in total. The highest BCUT2D eigenvalue weighted by Crippen LogP contribution is 2.21. The summed E-state index contributed by atoms with van der Waals surface area (Å²) in [7, 11) is 1.87. The first kappa shape index (κ1) is 15.6. The van der Waals surface area contributed by atoms with Crippen molar-refractivity contribution in [3.63, 3.8) is 0 Å². The number of thioether (sulfide) groups is 1. The predicted molar refractivity (Wildman–Crippen MR) is 83.4 cm³/mol. The molecule has 0 aromatic heterocycles. The molecule has 0 bridgehead atoms. The number of halogens is 1. The molecule has 0 aliphatic carbocycles. The van der Waals surface area contributed by atoms with Crippen molar-refractivity contribution >= 4 is 33.6 Å². The lowest BCUT2D eigenvalue weighted by molar-refractivity contribution is 0.0740. The smallest absolute Gasteiger partial charge is 0.254 e. The molecule has 0 aliphatic heterocycles. The second kappa shape index (κ2) is 7.19. The van der Waals surface area contributed by atoms with Crippen molar-refractivity contribution in [2.24, 2.45) is 0 Å². The van der Waals surface area contributed by atoms with Crippen LogP contribution in [0.1, 0.15) is 29.3 Å². The summed E-state index contributed by atoms with van der Waals surface area (Å²) in [6.07, 6.45) is 3.11. The average molecular weight is 330 g/mol. The first-order valence-corrected chi connectivity index (χ1v) is 8.18. The van der Waals surface area contributed by atoms with Crippen LogP contribution < -0.4 is 0 Å². The number of amides is 1. The maximum absolute atomic E-state index is 12.4. The van der Waals surface area contributed by atoms with Gasteiger partial charge < -0.3 is 4.90 Å². The van der Waals surface area contributed by atoms with Crippen LogP contribution in [0.4, 0.5) is 0 Å². The van der Waals surface area contributed by atoms with E-state index in [1.165, 1.54) is 0 Å². The Bertz CT molecular complexity index is 422. The summed E-state index contributed by atoms with van der Waals surface area (Å²) in [5.74, 6) is 1.16. The van der Waals surface area contributed by atoms with Gasteiger partial charge in [-0.2, -0.15) is 11.8 Å². The van der Waals surface area contributed by atoms with Gasteiger partial charge in [-0.1, -0.05) is 6.07 Å². The van der Waals surface area contributed by atoms with Gasteiger partial charge in [-0.15, -0.1) is 0 Å². The summed E-state index contributed by atoms with van der Waals surface area (Å²) >= 11 is 5.28. The van der Waals surface area contributed by atoms with Crippen LogP contribution in [-0.2, 0) is 0 Å². The minimum Gasteiger partial charge on any atom is -0.339 e. The summed E-state index contributed by atoms with van der Waals surface area (Å²) in [5.41, 5.74) is 1.88. The summed E-state index contributed by atoms with van der Waals surface area (Å²) in [5, 5.41) is 0. The number of aryl methyl sites for hydroxylation is 1. The number of benzene rings is 1. The highest BCUT2D eigenvalue weighted by molar-refractivity contribution is 9.10. The average Bonchev–Trinajstić information content (AvgIpc) is 2.34. The minimum atomic E-state index is 0.0791. The zero-order valence-corrected chi connectivity index (χ0v) is 13.8. The molecule has 0 saturated carbocycles. The lowest BCUT2D eigenvalue weighted by Gasteiger charge is -2.25. The summed E-state index contributed by atoms with van der Waals surface area (Å²) in [6.45, 7) is 4.11. The van der Waals surface area contributed by atoms with E-state index in [4.69, 9.17) is 0 Å². The Labute approximate surface area is 122 Å². The van der Waals surface area contributed by atoms with Crippen LogP contribution in [0.2, 0.25) is 0 Å². The Hall–Kier alpha value is -0.480. The van der Waals surface area contributed by atoms with Gasteiger partial charge in [0, 0.05) is 17.6 Å². The molecule has 18 heavy (non-hydrogen) atoms. The first-order chi connectivity index (χ1) is 8.47. The lowest BCUT2D eigenvalue weighted by Crippen LogP contribution is -2.35. The van der Waals surface area contributed by atoms with Gasteiger partial charge in [-0.25, -0.2) is 0 Å². The van der Waals surface area contributed by atoms with Crippen LogP contribution in [0.5, 0.6) is 0 Å². The topological polar surface area (TPSA) is 20.3 Å². The van der Waals surface area contributed by atoms with Crippen molar-refractivity contribution in [1.82, 2.24) is 4.90 Å². The third-order valence-electron chi connectivity index (χ3n) is 3.08. The van der Waals surface area contributed by atoms with E-state index in [0.717, 1.165) is 27.8 Å². The number of carbonyl (C=O) groups excluding carboxylic acids is 1. The molecule has 0 radical (unpaired) electrons. The van der Waals surface area contributed by atoms with E-state index in [2.05, 4.69) is 29.1 Å². The quantitative estimate of drug-likeness (QED) is 0.814. The second-order valence-electron chi connectivity index (χ2n) is 4.53. The van der Waals surface area contributed by atoms with E-state index in [1.807, 2.05) is 48.8 Å². The molecule has 0 heterocycles. The number of carbonyl (C=O) groups is 1. The summed E-state index contributed by atoms with van der Waals surface area (Å²) in [4.78, 5) is 14.2. The van der Waals surface area contributed by atoms with Crippen LogP contribution in [0.3, 0.4) is 0 Å². The normalized spacial score (nSPS) is 12.3. The molecule has 4 heteroatoms. The Morgan fingerprint density at radius 1 is 1.50 bits per heavy atom. The number of hydrogen-bond acceptors (Lipinski definition) is 2. The molecule has 0 saturated heterocycles. The molecule has 0 spiro atoms. The third-order valence-corrected chi connectivity index (χ3v) is 4.38. The maximum atomic E-state index is 12.4. The van der Waals surface area contributed by atoms with Gasteiger partial charge in [0.25, 0.3) is 5.91 Å². The molecule has 1 atom stereocenters. The van der Waals surface area contributed by atoms with Crippen molar-refractivity contribution in [1.29, 1.82) is 0 Å². The molecule has 1 rings (SSSR count). The SMILES string of the molecule is CSCCC(C)N(C)C(=O)c1ccc(C)cc1Br. The maximum Gasteiger partial charge on any atom is 0.254 e. The van der Waals surface area contributed by atoms with Crippen LogP contribution in [0.25, 0.3) is 0 Å². The van der Waals surface area contributed by atoms with Crippen LogP contribution in [-0.4, -0.2) is 35.9 Å². The Morgan fingerprint density at radius 3 is 2.72 bits per heavy atom. The largest absolute Gasteiger partial charge is 0.339 e. The van der Waals surface area contributed by atoms with Crippen molar-refractivity contribution in [2.45, 2.75) is 26.3 Å². The monoisotopic (exact) mass is 329 g/mol. The van der Waals surface area contributed by atoms with Gasteiger partial charge in [0.2, 0.25) is 0 Å². The fraction of sp³-hybridized carbons (Fsp3) is 0.500. The molecule has 1 aromatic rings. The Balaban J connectivity index is 2.79. The van der Waals surface area contributed by atoms with Crippen molar-refractivity contribution in [3.8, 4) is 0 Å². The van der Waals surface area contributed by atoms with Gasteiger partial charge in [-0.3, -0.25) is 4.79 Å². The number of hydrogen-bond donors (Lipinski definition) is 0. The van der Waals surface area contributed by atoms with Crippen LogP contribution in [0.15, 0.2) is 22.7 Å². The van der Waals surface area contributed by atoms with E-state index in [-0.39, 0.29) is 11.9 Å². The van der Waals surface area contributed by atoms with Gasteiger partial charge >= 0.3 is 0 Å². The molecule has 2 nitrogen and oxygen atoms in total. The van der Waals surface area contributed by atoms with Crippen LogP contribution in [0, 0.1) is 6.92 Å². The standard InChI is InChI=1S/C14H20BrNOS/c1-10-5-6-12(13(15)9-10)14(17)16(3)11(2)7-8-18-4/h5-6,9,11H,7-8H2,1-4H3. The van der Waals surface area contributed by atoms with E-state index >= 15 is 0 Å². The highest BCUT2D eigenvalue weighted by Gasteiger charge is 2.19. The Kier molecular flexibility index (Phi) is 6.22. The number of nitrogens with zero attached hydrogens (tertiary/aromatic N) is 1.